The van der Waals surface area contributed by atoms with Crippen molar-refractivity contribution in [1.29, 1.82) is 0 Å². The zero-order valence-electron chi connectivity index (χ0n) is 13.0. The van der Waals surface area contributed by atoms with E-state index in [1.807, 2.05) is 6.92 Å². The number of aryl methyl sites for hydroxylation is 1. The number of rotatable bonds is 5. The smallest absolute Gasteiger partial charge is 0.338 e. The summed E-state index contributed by atoms with van der Waals surface area (Å²) in [4.78, 5) is 30.9. The van der Waals surface area contributed by atoms with E-state index in [0.717, 1.165) is 42.6 Å². The van der Waals surface area contributed by atoms with Gasteiger partial charge in [-0.15, -0.1) is 0 Å². The van der Waals surface area contributed by atoms with E-state index in [4.69, 9.17) is 4.74 Å². The highest BCUT2D eigenvalue weighted by atomic mass is 16.5. The van der Waals surface area contributed by atoms with Crippen LogP contribution in [0.4, 0.5) is 11.6 Å². The Hall–Kier alpha value is -2.63. The SMILES string of the molecule is CCCOC(=O)c1ccc(Nc2nc3c(c(=O)[nH]2)CCC3)cc1. The maximum Gasteiger partial charge on any atom is 0.338 e. The number of aromatic nitrogens is 2. The first-order valence-electron chi connectivity index (χ1n) is 7.83. The molecular formula is C17H19N3O3. The number of fused-ring (bicyclic) bond motifs is 1. The van der Waals surface area contributed by atoms with Crippen LogP contribution in [0.15, 0.2) is 29.1 Å². The number of ether oxygens (including phenoxy) is 1. The van der Waals surface area contributed by atoms with Crippen molar-refractivity contribution in [2.75, 3.05) is 11.9 Å². The second-order valence-corrected chi connectivity index (χ2v) is 5.53. The Morgan fingerprint density at radius 1 is 1.30 bits per heavy atom. The lowest BCUT2D eigenvalue weighted by Gasteiger charge is -2.08. The standard InChI is InChI=1S/C17H19N3O3/c1-2-10-23-16(22)11-6-8-12(9-7-11)18-17-19-14-5-3-4-13(14)15(21)20-17/h6-9H,2-5,10H2,1H3,(H2,18,19,20,21). The van der Waals surface area contributed by atoms with E-state index in [-0.39, 0.29) is 11.5 Å². The number of aromatic amines is 1. The average molecular weight is 313 g/mol. The molecular weight excluding hydrogens is 294 g/mol. The molecule has 0 saturated heterocycles. The fraction of sp³-hybridized carbons (Fsp3) is 0.353. The summed E-state index contributed by atoms with van der Waals surface area (Å²) in [6.45, 7) is 2.36. The van der Waals surface area contributed by atoms with Gasteiger partial charge in [-0.3, -0.25) is 9.78 Å². The number of hydrogen-bond acceptors (Lipinski definition) is 5. The molecule has 1 heterocycles. The molecule has 0 bridgehead atoms. The van der Waals surface area contributed by atoms with Crippen molar-refractivity contribution in [3.8, 4) is 0 Å². The van der Waals surface area contributed by atoms with Gasteiger partial charge in [-0.05, 0) is 49.9 Å². The topological polar surface area (TPSA) is 84.1 Å². The Morgan fingerprint density at radius 2 is 2.09 bits per heavy atom. The first-order chi connectivity index (χ1) is 11.2. The van der Waals surface area contributed by atoms with Crippen LogP contribution in [-0.2, 0) is 17.6 Å². The number of anilines is 2. The molecule has 6 heteroatoms. The molecule has 0 amide bonds. The van der Waals surface area contributed by atoms with Gasteiger partial charge >= 0.3 is 5.97 Å². The predicted octanol–water partition coefficient (Wildman–Crippen LogP) is 2.57. The number of carbonyl (C=O) groups excluding carboxylic acids is 1. The van der Waals surface area contributed by atoms with Crippen LogP contribution in [-0.4, -0.2) is 22.5 Å². The second-order valence-electron chi connectivity index (χ2n) is 5.53. The fourth-order valence-electron chi connectivity index (χ4n) is 2.61. The molecule has 1 aromatic heterocycles. The van der Waals surface area contributed by atoms with Crippen LogP contribution in [0.5, 0.6) is 0 Å². The zero-order chi connectivity index (χ0) is 16.2. The van der Waals surface area contributed by atoms with E-state index in [9.17, 15) is 9.59 Å². The third-order valence-electron chi connectivity index (χ3n) is 3.76. The van der Waals surface area contributed by atoms with E-state index >= 15 is 0 Å². The molecule has 0 fully saturated rings. The van der Waals surface area contributed by atoms with Crippen LogP contribution in [0, 0.1) is 0 Å². The van der Waals surface area contributed by atoms with Crippen molar-refractivity contribution in [2.45, 2.75) is 32.6 Å². The summed E-state index contributed by atoms with van der Waals surface area (Å²) < 4.78 is 5.08. The monoisotopic (exact) mass is 313 g/mol. The van der Waals surface area contributed by atoms with Gasteiger partial charge in [-0.2, -0.15) is 0 Å². The summed E-state index contributed by atoms with van der Waals surface area (Å²) in [6.07, 6.45) is 3.41. The van der Waals surface area contributed by atoms with Gasteiger partial charge in [0.1, 0.15) is 0 Å². The number of nitrogens with one attached hydrogen (secondary N) is 2. The fourth-order valence-corrected chi connectivity index (χ4v) is 2.61. The molecule has 1 aromatic carbocycles. The van der Waals surface area contributed by atoms with E-state index < -0.39 is 0 Å². The Balaban J connectivity index is 1.73. The maximum atomic E-state index is 12.0. The minimum Gasteiger partial charge on any atom is -0.462 e. The summed E-state index contributed by atoms with van der Waals surface area (Å²) in [5.41, 5.74) is 2.84. The van der Waals surface area contributed by atoms with Gasteiger partial charge < -0.3 is 10.1 Å². The maximum absolute atomic E-state index is 12.0. The molecule has 0 atom stereocenters. The van der Waals surface area contributed by atoms with E-state index in [1.54, 1.807) is 24.3 Å². The van der Waals surface area contributed by atoms with Gasteiger partial charge in [-0.1, -0.05) is 6.92 Å². The molecule has 3 rings (SSSR count). The minimum absolute atomic E-state index is 0.0743. The van der Waals surface area contributed by atoms with Crippen LogP contribution >= 0.6 is 0 Å². The van der Waals surface area contributed by atoms with Gasteiger partial charge in [0.25, 0.3) is 5.56 Å². The molecule has 0 aliphatic heterocycles. The molecule has 120 valence electrons. The minimum atomic E-state index is -0.331. The molecule has 0 unspecified atom stereocenters. The number of carbonyl (C=O) groups is 1. The lowest BCUT2D eigenvalue weighted by Crippen LogP contribution is -2.16. The van der Waals surface area contributed by atoms with Crippen LogP contribution in [0.2, 0.25) is 0 Å². The molecule has 1 aliphatic rings. The van der Waals surface area contributed by atoms with Crippen molar-refractivity contribution in [2.24, 2.45) is 0 Å². The molecule has 1 aliphatic carbocycles. The molecule has 0 spiro atoms. The van der Waals surface area contributed by atoms with E-state index in [2.05, 4.69) is 15.3 Å². The van der Waals surface area contributed by atoms with Crippen LogP contribution in [0.25, 0.3) is 0 Å². The van der Waals surface area contributed by atoms with E-state index in [0.29, 0.717) is 18.1 Å². The number of hydrogen-bond donors (Lipinski definition) is 2. The summed E-state index contributed by atoms with van der Waals surface area (Å²) >= 11 is 0. The van der Waals surface area contributed by atoms with Gasteiger partial charge in [0.15, 0.2) is 0 Å². The third kappa shape index (κ3) is 3.41. The highest BCUT2D eigenvalue weighted by Gasteiger charge is 2.17. The van der Waals surface area contributed by atoms with Crippen molar-refractivity contribution in [3.05, 3.63) is 51.4 Å². The summed E-state index contributed by atoms with van der Waals surface area (Å²) in [5, 5.41) is 3.06. The quantitative estimate of drug-likeness (QED) is 0.829. The van der Waals surface area contributed by atoms with Gasteiger partial charge in [-0.25, -0.2) is 9.78 Å². The third-order valence-corrected chi connectivity index (χ3v) is 3.76. The summed E-state index contributed by atoms with van der Waals surface area (Å²) in [7, 11) is 0. The van der Waals surface area contributed by atoms with Crippen molar-refractivity contribution in [1.82, 2.24) is 9.97 Å². The van der Waals surface area contributed by atoms with Crippen molar-refractivity contribution < 1.29 is 9.53 Å². The zero-order valence-corrected chi connectivity index (χ0v) is 13.0. The Kier molecular flexibility index (Phi) is 4.41. The average Bonchev–Trinajstić information content (AvgIpc) is 3.02. The lowest BCUT2D eigenvalue weighted by atomic mass is 10.2. The Morgan fingerprint density at radius 3 is 2.83 bits per heavy atom. The van der Waals surface area contributed by atoms with Gasteiger partial charge in [0, 0.05) is 11.3 Å². The molecule has 0 radical (unpaired) electrons. The number of H-pyrrole nitrogens is 1. The molecule has 0 saturated carbocycles. The summed E-state index contributed by atoms with van der Waals surface area (Å²) in [5.74, 6) is 0.0967. The molecule has 2 aromatic rings. The molecule has 2 N–H and O–H groups in total. The number of nitrogens with zero attached hydrogens (tertiary/aromatic N) is 1. The normalized spacial score (nSPS) is 12.7. The van der Waals surface area contributed by atoms with Gasteiger partial charge in [0.05, 0.1) is 17.9 Å². The van der Waals surface area contributed by atoms with Crippen LogP contribution in [0.3, 0.4) is 0 Å². The first kappa shape index (κ1) is 15.3. The summed E-state index contributed by atoms with van der Waals surface area (Å²) in [6, 6.07) is 6.89. The van der Waals surface area contributed by atoms with Crippen molar-refractivity contribution in [3.63, 3.8) is 0 Å². The molecule has 6 nitrogen and oxygen atoms in total. The number of benzene rings is 1. The Bertz CT molecular complexity index is 766. The Labute approximate surface area is 133 Å². The lowest BCUT2D eigenvalue weighted by molar-refractivity contribution is 0.0505. The first-order valence-corrected chi connectivity index (χ1v) is 7.83. The van der Waals surface area contributed by atoms with Crippen LogP contribution in [0.1, 0.15) is 41.4 Å². The second kappa shape index (κ2) is 6.64. The van der Waals surface area contributed by atoms with Gasteiger partial charge in [0.2, 0.25) is 5.95 Å². The van der Waals surface area contributed by atoms with Crippen LogP contribution < -0.4 is 10.9 Å². The predicted molar refractivity (Wildman–Crippen MR) is 87.2 cm³/mol. The molecule has 23 heavy (non-hydrogen) atoms. The number of esters is 1. The van der Waals surface area contributed by atoms with E-state index in [1.165, 1.54) is 0 Å². The largest absolute Gasteiger partial charge is 0.462 e. The van der Waals surface area contributed by atoms with Crippen molar-refractivity contribution >= 4 is 17.6 Å². The highest BCUT2D eigenvalue weighted by molar-refractivity contribution is 5.89. The highest BCUT2D eigenvalue weighted by Crippen LogP contribution is 2.19.